The maximum absolute atomic E-state index is 12.9. The highest BCUT2D eigenvalue weighted by Gasteiger charge is 2.29. The zero-order valence-electron chi connectivity index (χ0n) is 16.3. The third-order valence-electron chi connectivity index (χ3n) is 6.20. The molecule has 0 radical (unpaired) electrons. The van der Waals surface area contributed by atoms with Gasteiger partial charge in [0, 0.05) is 31.2 Å². The molecule has 2 aliphatic heterocycles. The summed E-state index contributed by atoms with van der Waals surface area (Å²) in [5.41, 5.74) is 3.15. The van der Waals surface area contributed by atoms with Crippen LogP contribution < -0.4 is 0 Å². The molecule has 1 amide bonds. The zero-order valence-corrected chi connectivity index (χ0v) is 16.3. The molecule has 2 heterocycles. The minimum absolute atomic E-state index is 0.181. The molecule has 0 spiro atoms. The van der Waals surface area contributed by atoms with Crippen molar-refractivity contribution in [2.24, 2.45) is 5.92 Å². The Morgan fingerprint density at radius 1 is 0.852 bits per heavy atom. The molecule has 0 unspecified atom stereocenters. The fraction of sp³-hybridized carbons (Fsp3) is 0.458. The second-order valence-electron chi connectivity index (χ2n) is 8.21. The van der Waals surface area contributed by atoms with E-state index < -0.39 is 0 Å². The van der Waals surface area contributed by atoms with Gasteiger partial charge in [0.1, 0.15) is 0 Å². The van der Waals surface area contributed by atoms with E-state index in [2.05, 4.69) is 36.1 Å². The van der Waals surface area contributed by atoms with Crippen molar-refractivity contribution in [1.82, 2.24) is 9.80 Å². The van der Waals surface area contributed by atoms with Crippen LogP contribution in [0.1, 0.15) is 43.0 Å². The minimum atomic E-state index is 0.181. The molecule has 2 aromatic carbocycles. The molecule has 2 fully saturated rings. The van der Waals surface area contributed by atoms with Crippen molar-refractivity contribution < 1.29 is 4.79 Å². The number of hydrogen-bond acceptors (Lipinski definition) is 2. The van der Waals surface area contributed by atoms with Gasteiger partial charge < -0.3 is 4.90 Å². The van der Waals surface area contributed by atoms with Crippen LogP contribution in [0.25, 0.3) is 11.1 Å². The second kappa shape index (κ2) is 8.26. The topological polar surface area (TPSA) is 23.6 Å². The van der Waals surface area contributed by atoms with Crippen LogP contribution in [0.15, 0.2) is 54.6 Å². The van der Waals surface area contributed by atoms with Crippen molar-refractivity contribution in [2.75, 3.05) is 26.2 Å². The molecular formula is C24H30N2O. The molecule has 2 saturated heterocycles. The number of carbonyl (C=O) groups is 1. The Hall–Kier alpha value is -2.13. The monoisotopic (exact) mass is 362 g/mol. The van der Waals surface area contributed by atoms with E-state index in [0.717, 1.165) is 43.0 Å². The first kappa shape index (κ1) is 18.2. The van der Waals surface area contributed by atoms with Crippen molar-refractivity contribution in [3.8, 4) is 11.1 Å². The number of rotatable bonds is 3. The molecule has 0 bridgehead atoms. The highest BCUT2D eigenvalue weighted by Crippen LogP contribution is 2.25. The Kier molecular flexibility index (Phi) is 5.58. The van der Waals surface area contributed by atoms with Gasteiger partial charge in [0.25, 0.3) is 5.91 Å². The lowest BCUT2D eigenvalue weighted by Crippen LogP contribution is -2.49. The van der Waals surface area contributed by atoms with E-state index in [1.54, 1.807) is 0 Å². The number of nitrogens with zero attached hydrogens (tertiary/aromatic N) is 2. The van der Waals surface area contributed by atoms with E-state index in [9.17, 15) is 4.79 Å². The number of piperidine rings is 2. The summed E-state index contributed by atoms with van der Waals surface area (Å²) in [6, 6.07) is 19.0. The molecule has 3 nitrogen and oxygen atoms in total. The molecule has 4 rings (SSSR count). The molecule has 1 atom stereocenters. The Bertz CT molecular complexity index is 748. The Morgan fingerprint density at radius 2 is 1.52 bits per heavy atom. The summed E-state index contributed by atoms with van der Waals surface area (Å²) >= 11 is 0. The van der Waals surface area contributed by atoms with E-state index in [0.29, 0.717) is 6.04 Å². The number of benzene rings is 2. The smallest absolute Gasteiger partial charge is 0.253 e. The van der Waals surface area contributed by atoms with Gasteiger partial charge in [0.2, 0.25) is 0 Å². The first-order valence-electron chi connectivity index (χ1n) is 10.4. The van der Waals surface area contributed by atoms with Crippen molar-refractivity contribution in [1.29, 1.82) is 0 Å². The highest BCUT2D eigenvalue weighted by atomic mass is 16.2. The number of likely N-dealkylation sites (tertiary alicyclic amines) is 2. The molecular weight excluding hydrogens is 332 g/mol. The van der Waals surface area contributed by atoms with Gasteiger partial charge in [-0.15, -0.1) is 0 Å². The summed E-state index contributed by atoms with van der Waals surface area (Å²) < 4.78 is 0. The largest absolute Gasteiger partial charge is 0.339 e. The van der Waals surface area contributed by atoms with Gasteiger partial charge in [-0.05, 0) is 61.4 Å². The third kappa shape index (κ3) is 4.24. The van der Waals surface area contributed by atoms with Crippen LogP contribution in [0, 0.1) is 5.92 Å². The summed E-state index contributed by atoms with van der Waals surface area (Å²) in [6.07, 6.45) is 4.92. The first-order chi connectivity index (χ1) is 13.2. The van der Waals surface area contributed by atoms with Crippen molar-refractivity contribution in [2.45, 2.75) is 38.6 Å². The zero-order chi connectivity index (χ0) is 18.6. The van der Waals surface area contributed by atoms with Gasteiger partial charge in [-0.1, -0.05) is 49.4 Å². The molecule has 0 aliphatic carbocycles. The Balaban J connectivity index is 1.35. The number of carbonyl (C=O) groups excluding carboxylic acids is 1. The van der Waals surface area contributed by atoms with Gasteiger partial charge in [0.05, 0.1) is 0 Å². The Labute approximate surface area is 163 Å². The lowest BCUT2D eigenvalue weighted by molar-refractivity contribution is 0.0542. The highest BCUT2D eigenvalue weighted by molar-refractivity contribution is 5.94. The number of amides is 1. The van der Waals surface area contributed by atoms with E-state index in [4.69, 9.17) is 0 Å². The first-order valence-corrected chi connectivity index (χ1v) is 10.4. The minimum Gasteiger partial charge on any atom is -0.339 e. The lowest BCUT2D eigenvalue weighted by atomic mass is 9.95. The summed E-state index contributed by atoms with van der Waals surface area (Å²) in [4.78, 5) is 17.6. The maximum Gasteiger partial charge on any atom is 0.253 e. The fourth-order valence-electron chi connectivity index (χ4n) is 4.61. The predicted molar refractivity (Wildman–Crippen MR) is 111 cm³/mol. The molecule has 0 aromatic heterocycles. The average Bonchev–Trinajstić information content (AvgIpc) is 2.74. The molecule has 3 heteroatoms. The standard InChI is InChI=1S/C24H30N2O/c1-19-6-5-15-26(18-19)23-13-16-25(17-14-23)24(27)22-11-9-21(10-12-22)20-7-3-2-4-8-20/h2-4,7-12,19,23H,5-6,13-18H2,1H3/t19-/m1/s1. The van der Waals surface area contributed by atoms with Gasteiger partial charge in [-0.25, -0.2) is 0 Å². The van der Waals surface area contributed by atoms with Crippen LogP contribution in [-0.2, 0) is 0 Å². The van der Waals surface area contributed by atoms with Crippen LogP contribution in [0.2, 0.25) is 0 Å². The van der Waals surface area contributed by atoms with E-state index in [1.165, 1.54) is 31.5 Å². The van der Waals surface area contributed by atoms with Gasteiger partial charge in [0.15, 0.2) is 0 Å². The summed E-state index contributed by atoms with van der Waals surface area (Å²) in [5, 5.41) is 0. The summed E-state index contributed by atoms with van der Waals surface area (Å²) in [5.74, 6) is 1.00. The molecule has 27 heavy (non-hydrogen) atoms. The van der Waals surface area contributed by atoms with Gasteiger partial charge in [-0.2, -0.15) is 0 Å². The molecule has 0 N–H and O–H groups in total. The van der Waals surface area contributed by atoms with E-state index >= 15 is 0 Å². The van der Waals surface area contributed by atoms with Crippen molar-refractivity contribution >= 4 is 5.91 Å². The second-order valence-corrected chi connectivity index (χ2v) is 8.21. The molecule has 0 saturated carbocycles. The van der Waals surface area contributed by atoms with Crippen molar-refractivity contribution in [3.63, 3.8) is 0 Å². The average molecular weight is 363 g/mol. The van der Waals surface area contributed by atoms with E-state index in [-0.39, 0.29) is 5.91 Å². The van der Waals surface area contributed by atoms with Gasteiger partial charge >= 0.3 is 0 Å². The third-order valence-corrected chi connectivity index (χ3v) is 6.20. The molecule has 2 aliphatic rings. The van der Waals surface area contributed by atoms with Crippen molar-refractivity contribution in [3.05, 3.63) is 60.2 Å². The van der Waals surface area contributed by atoms with Gasteiger partial charge in [-0.3, -0.25) is 9.69 Å². The van der Waals surface area contributed by atoms with Crippen LogP contribution in [0.4, 0.5) is 0 Å². The molecule has 2 aromatic rings. The Morgan fingerprint density at radius 3 is 2.19 bits per heavy atom. The van der Waals surface area contributed by atoms with Crippen LogP contribution in [0.5, 0.6) is 0 Å². The normalized spacial score (nSPS) is 22.0. The number of hydrogen-bond donors (Lipinski definition) is 0. The lowest BCUT2D eigenvalue weighted by Gasteiger charge is -2.41. The fourth-order valence-corrected chi connectivity index (χ4v) is 4.61. The predicted octanol–water partition coefficient (Wildman–Crippen LogP) is 4.69. The summed E-state index contributed by atoms with van der Waals surface area (Å²) in [6.45, 7) is 6.61. The molecule has 142 valence electrons. The van der Waals surface area contributed by atoms with Crippen LogP contribution in [-0.4, -0.2) is 47.9 Å². The maximum atomic E-state index is 12.9. The van der Waals surface area contributed by atoms with Crippen LogP contribution >= 0.6 is 0 Å². The van der Waals surface area contributed by atoms with E-state index in [1.807, 2.05) is 35.2 Å². The van der Waals surface area contributed by atoms with Crippen LogP contribution in [0.3, 0.4) is 0 Å². The summed E-state index contributed by atoms with van der Waals surface area (Å²) in [7, 11) is 0. The quantitative estimate of drug-likeness (QED) is 0.791. The SMILES string of the molecule is C[C@@H]1CCCN(C2CCN(C(=O)c3ccc(-c4ccccc4)cc3)CC2)C1.